The van der Waals surface area contributed by atoms with Gasteiger partial charge in [-0.25, -0.2) is 9.97 Å². The zero-order chi connectivity index (χ0) is 19.2. The molecule has 1 saturated heterocycles. The Kier molecular flexibility index (Phi) is 5.53. The molecule has 7 nitrogen and oxygen atoms in total. The molecular weight excluding hydrogens is 354 g/mol. The van der Waals surface area contributed by atoms with E-state index in [0.29, 0.717) is 5.82 Å². The van der Waals surface area contributed by atoms with Crippen molar-refractivity contribution in [1.29, 1.82) is 0 Å². The Morgan fingerprint density at radius 3 is 2.54 bits per heavy atom. The van der Waals surface area contributed by atoms with E-state index in [1.54, 1.807) is 13.4 Å². The summed E-state index contributed by atoms with van der Waals surface area (Å²) >= 11 is 0. The van der Waals surface area contributed by atoms with Crippen molar-refractivity contribution in [2.45, 2.75) is 0 Å². The van der Waals surface area contributed by atoms with Gasteiger partial charge in [-0.15, -0.1) is 0 Å². The lowest BCUT2D eigenvalue weighted by molar-refractivity contribution is 0.123. The second kappa shape index (κ2) is 8.58. The fourth-order valence-electron chi connectivity index (χ4n) is 3.14. The molecule has 0 atom stereocenters. The number of hydrogen-bond donors (Lipinski definition) is 2. The highest BCUT2D eigenvalue weighted by atomic mass is 16.5. The Labute approximate surface area is 164 Å². The third-order valence-corrected chi connectivity index (χ3v) is 4.53. The van der Waals surface area contributed by atoms with Crippen LogP contribution in [-0.2, 0) is 4.74 Å². The van der Waals surface area contributed by atoms with E-state index in [1.807, 2.05) is 42.5 Å². The van der Waals surface area contributed by atoms with E-state index >= 15 is 0 Å². The zero-order valence-electron chi connectivity index (χ0n) is 15.8. The molecule has 1 aliphatic heterocycles. The van der Waals surface area contributed by atoms with Crippen LogP contribution >= 0.6 is 0 Å². The van der Waals surface area contributed by atoms with Gasteiger partial charge in [0, 0.05) is 30.9 Å². The fraction of sp³-hybridized carbons (Fsp3) is 0.238. The van der Waals surface area contributed by atoms with Gasteiger partial charge >= 0.3 is 0 Å². The number of nitrogens with one attached hydrogen (secondary N) is 2. The van der Waals surface area contributed by atoms with Crippen LogP contribution in [0.3, 0.4) is 0 Å². The number of nitrogens with zero attached hydrogens (tertiary/aromatic N) is 3. The van der Waals surface area contributed by atoms with Crippen LogP contribution in [0, 0.1) is 0 Å². The van der Waals surface area contributed by atoms with E-state index < -0.39 is 0 Å². The number of ether oxygens (including phenoxy) is 2. The molecule has 3 aromatic rings. The molecule has 0 radical (unpaired) electrons. The summed E-state index contributed by atoms with van der Waals surface area (Å²) in [5.41, 5.74) is 3.06. The molecule has 7 heteroatoms. The summed E-state index contributed by atoms with van der Waals surface area (Å²) in [6.07, 6.45) is 1.54. The lowest BCUT2D eigenvalue weighted by Gasteiger charge is -2.30. The molecule has 1 fully saturated rings. The Hall–Kier alpha value is -3.32. The molecule has 1 aromatic heterocycles. The molecule has 2 aromatic carbocycles. The molecule has 0 unspecified atom stereocenters. The lowest BCUT2D eigenvalue weighted by Crippen LogP contribution is -2.36. The molecule has 0 bridgehead atoms. The summed E-state index contributed by atoms with van der Waals surface area (Å²) in [5.74, 6) is 2.22. The van der Waals surface area contributed by atoms with Crippen molar-refractivity contribution in [2.24, 2.45) is 0 Å². The van der Waals surface area contributed by atoms with Crippen LogP contribution in [0.15, 0.2) is 60.9 Å². The lowest BCUT2D eigenvalue weighted by atomic mass is 10.2. The maximum absolute atomic E-state index is 5.47. The van der Waals surface area contributed by atoms with Crippen molar-refractivity contribution in [3.05, 3.63) is 60.9 Å². The highest BCUT2D eigenvalue weighted by molar-refractivity contribution is 5.75. The number of benzene rings is 2. The van der Waals surface area contributed by atoms with E-state index in [9.17, 15) is 0 Å². The summed E-state index contributed by atoms with van der Waals surface area (Å²) in [5, 5.41) is 6.70. The van der Waals surface area contributed by atoms with Gasteiger partial charge in [0.25, 0.3) is 0 Å². The second-order valence-electron chi connectivity index (χ2n) is 6.39. The van der Waals surface area contributed by atoms with E-state index in [0.717, 1.165) is 54.9 Å². The molecule has 4 rings (SSSR count). The first-order valence-corrected chi connectivity index (χ1v) is 9.24. The first-order valence-electron chi connectivity index (χ1n) is 9.24. The molecule has 144 valence electrons. The van der Waals surface area contributed by atoms with Gasteiger partial charge in [-0.1, -0.05) is 18.2 Å². The number of methoxy groups -OCH3 is 1. The van der Waals surface area contributed by atoms with Crippen molar-refractivity contribution >= 4 is 28.7 Å². The van der Waals surface area contributed by atoms with E-state index in [4.69, 9.17) is 9.47 Å². The molecule has 0 amide bonds. The number of para-hydroxylation sites is 2. The monoisotopic (exact) mass is 377 g/mol. The molecule has 2 N–H and O–H groups in total. The third-order valence-electron chi connectivity index (χ3n) is 4.53. The zero-order valence-corrected chi connectivity index (χ0v) is 15.8. The molecule has 0 spiro atoms. The predicted octanol–water partition coefficient (Wildman–Crippen LogP) is 3.81. The average molecular weight is 377 g/mol. The average Bonchev–Trinajstić information content (AvgIpc) is 2.75. The van der Waals surface area contributed by atoms with Gasteiger partial charge in [0.2, 0.25) is 0 Å². The van der Waals surface area contributed by atoms with Crippen LogP contribution in [0.25, 0.3) is 0 Å². The number of hydrogen-bond acceptors (Lipinski definition) is 7. The summed E-state index contributed by atoms with van der Waals surface area (Å²) in [6, 6.07) is 17.8. The Morgan fingerprint density at radius 1 is 0.929 bits per heavy atom. The highest BCUT2D eigenvalue weighted by Gasteiger charge is 2.14. The van der Waals surface area contributed by atoms with Crippen LogP contribution in [0.2, 0.25) is 0 Å². The standard InChI is InChI=1S/C21H23N5O2/c1-27-17-6-4-5-16(13-17)24-20-14-21(23-15-22-20)25-18-7-2-3-8-19(18)26-9-11-28-12-10-26/h2-8,13-15H,9-12H2,1H3,(H2,22,23,24,25). The first-order chi connectivity index (χ1) is 13.8. The number of anilines is 5. The maximum Gasteiger partial charge on any atom is 0.135 e. The van der Waals surface area contributed by atoms with Crippen LogP contribution in [0.1, 0.15) is 0 Å². The van der Waals surface area contributed by atoms with Gasteiger partial charge in [-0.2, -0.15) is 0 Å². The fourth-order valence-corrected chi connectivity index (χ4v) is 3.14. The number of morpholine rings is 1. The number of aromatic nitrogens is 2. The summed E-state index contributed by atoms with van der Waals surface area (Å²) in [7, 11) is 1.65. The third kappa shape index (κ3) is 4.32. The van der Waals surface area contributed by atoms with Crippen LogP contribution in [0.4, 0.5) is 28.7 Å². The minimum absolute atomic E-state index is 0.703. The van der Waals surface area contributed by atoms with Crippen molar-refractivity contribution in [2.75, 3.05) is 48.9 Å². The Morgan fingerprint density at radius 2 is 1.71 bits per heavy atom. The Balaban J connectivity index is 1.52. The normalized spacial score (nSPS) is 13.8. The summed E-state index contributed by atoms with van der Waals surface area (Å²) in [4.78, 5) is 11.0. The van der Waals surface area contributed by atoms with E-state index in [1.165, 1.54) is 0 Å². The maximum atomic E-state index is 5.47. The van der Waals surface area contributed by atoms with Crippen molar-refractivity contribution in [1.82, 2.24) is 9.97 Å². The minimum atomic E-state index is 0.703. The van der Waals surface area contributed by atoms with Gasteiger partial charge in [-0.3, -0.25) is 0 Å². The molecular formula is C21H23N5O2. The van der Waals surface area contributed by atoms with Gasteiger partial charge in [0.15, 0.2) is 0 Å². The van der Waals surface area contributed by atoms with Crippen LogP contribution in [-0.4, -0.2) is 43.4 Å². The van der Waals surface area contributed by atoms with Crippen LogP contribution < -0.4 is 20.3 Å². The van der Waals surface area contributed by atoms with Gasteiger partial charge < -0.3 is 25.0 Å². The Bertz CT molecular complexity index is 928. The summed E-state index contributed by atoms with van der Waals surface area (Å²) < 4.78 is 10.7. The minimum Gasteiger partial charge on any atom is -0.497 e. The van der Waals surface area contributed by atoms with Crippen molar-refractivity contribution < 1.29 is 9.47 Å². The number of rotatable bonds is 6. The summed E-state index contributed by atoms with van der Waals surface area (Å²) in [6.45, 7) is 3.25. The largest absolute Gasteiger partial charge is 0.497 e. The smallest absolute Gasteiger partial charge is 0.135 e. The highest BCUT2D eigenvalue weighted by Crippen LogP contribution is 2.29. The van der Waals surface area contributed by atoms with Gasteiger partial charge in [0.05, 0.1) is 31.7 Å². The van der Waals surface area contributed by atoms with E-state index in [2.05, 4.69) is 37.6 Å². The van der Waals surface area contributed by atoms with Crippen molar-refractivity contribution in [3.63, 3.8) is 0 Å². The quantitative estimate of drug-likeness (QED) is 0.677. The molecule has 28 heavy (non-hydrogen) atoms. The van der Waals surface area contributed by atoms with Gasteiger partial charge in [0.1, 0.15) is 23.7 Å². The SMILES string of the molecule is COc1cccc(Nc2cc(Nc3ccccc3N3CCOCC3)ncn2)c1. The van der Waals surface area contributed by atoms with Crippen LogP contribution in [0.5, 0.6) is 5.75 Å². The van der Waals surface area contributed by atoms with Gasteiger partial charge in [-0.05, 0) is 24.3 Å². The second-order valence-corrected chi connectivity index (χ2v) is 6.39. The molecule has 1 aliphatic rings. The first kappa shape index (κ1) is 18.1. The van der Waals surface area contributed by atoms with Crippen molar-refractivity contribution in [3.8, 4) is 5.75 Å². The molecule has 0 aliphatic carbocycles. The van der Waals surface area contributed by atoms with E-state index in [-0.39, 0.29) is 0 Å². The molecule has 2 heterocycles. The predicted molar refractivity (Wildman–Crippen MR) is 111 cm³/mol. The molecule has 0 saturated carbocycles. The topological polar surface area (TPSA) is 71.5 Å².